The lowest BCUT2D eigenvalue weighted by Crippen LogP contribution is -2.12. The van der Waals surface area contributed by atoms with Crippen molar-refractivity contribution >= 4 is 25.3 Å². The predicted octanol–water partition coefficient (Wildman–Crippen LogP) is 2.40. The second kappa shape index (κ2) is 4.57. The lowest BCUT2D eigenvalue weighted by atomic mass is 10.2. The normalized spacial score (nSPS) is 18.0. The third-order valence-corrected chi connectivity index (χ3v) is 2.97. The molecule has 0 bridgehead atoms. The Labute approximate surface area is 62.9 Å². The summed E-state index contributed by atoms with van der Waals surface area (Å²) in [6.45, 7) is 4.27. The fourth-order valence-electron chi connectivity index (χ4n) is 0.544. The van der Waals surface area contributed by atoms with E-state index in [1.54, 1.807) is 0 Å². The maximum Gasteiger partial charge on any atom is 0.0131 e. The maximum atomic E-state index is 4.33. The van der Waals surface area contributed by atoms with Gasteiger partial charge < -0.3 is 0 Å². The molecule has 2 heteroatoms. The minimum Gasteiger partial charge on any atom is -0.175 e. The molecule has 0 aliphatic rings. The Morgan fingerprint density at radius 3 is 1.38 bits per heavy atom. The Kier molecular flexibility index (Phi) is 4.97. The van der Waals surface area contributed by atoms with Gasteiger partial charge in [-0.15, -0.1) is 0 Å². The van der Waals surface area contributed by atoms with Crippen LogP contribution >= 0.6 is 25.3 Å². The van der Waals surface area contributed by atoms with Gasteiger partial charge in [-0.3, -0.25) is 0 Å². The third-order valence-electron chi connectivity index (χ3n) is 1.28. The minimum absolute atomic E-state index is 0.475. The molecule has 0 amide bonds. The van der Waals surface area contributed by atoms with E-state index in [9.17, 15) is 0 Å². The van der Waals surface area contributed by atoms with Gasteiger partial charge in [0.25, 0.3) is 0 Å². The summed E-state index contributed by atoms with van der Waals surface area (Å²) in [4.78, 5) is 0. The largest absolute Gasteiger partial charge is 0.175 e. The number of hydrogen-bond acceptors (Lipinski definition) is 2. The fourth-order valence-corrected chi connectivity index (χ4v) is 0.966. The highest BCUT2D eigenvalue weighted by Crippen LogP contribution is 2.14. The first-order valence-corrected chi connectivity index (χ1v) is 4.11. The molecule has 0 aromatic carbocycles. The predicted molar refractivity (Wildman–Crippen MR) is 46.1 cm³/mol. The van der Waals surface area contributed by atoms with Crippen LogP contribution in [0.25, 0.3) is 0 Å². The molecule has 2 unspecified atom stereocenters. The van der Waals surface area contributed by atoms with Gasteiger partial charge in [-0.2, -0.15) is 25.3 Å². The Balaban J connectivity index is 3.29. The molecular formula is C6H14S2. The highest BCUT2D eigenvalue weighted by Gasteiger charge is 2.07. The van der Waals surface area contributed by atoms with Crippen LogP contribution in [0.4, 0.5) is 0 Å². The van der Waals surface area contributed by atoms with Gasteiger partial charge in [0, 0.05) is 10.5 Å². The van der Waals surface area contributed by atoms with Crippen molar-refractivity contribution in [2.45, 2.75) is 37.2 Å². The molecule has 50 valence electrons. The molecule has 0 radical (unpaired) electrons. The third kappa shape index (κ3) is 2.88. The van der Waals surface area contributed by atoms with Gasteiger partial charge >= 0.3 is 0 Å². The Hall–Kier alpha value is 0.700. The van der Waals surface area contributed by atoms with Crippen molar-refractivity contribution in [3.05, 3.63) is 0 Å². The maximum absolute atomic E-state index is 4.33. The second-order valence-electron chi connectivity index (χ2n) is 1.95. The monoisotopic (exact) mass is 150 g/mol. The van der Waals surface area contributed by atoms with Gasteiger partial charge in [0.2, 0.25) is 0 Å². The standard InChI is InChI=1S/C6H14S2/c1-3-5(7)6(8)4-2/h5-8H,3-4H2,1-2H3. The van der Waals surface area contributed by atoms with Crippen molar-refractivity contribution in [2.75, 3.05) is 0 Å². The van der Waals surface area contributed by atoms with E-state index in [0.717, 1.165) is 12.8 Å². The van der Waals surface area contributed by atoms with E-state index < -0.39 is 0 Å². The molecule has 2 atom stereocenters. The molecule has 0 spiro atoms. The summed E-state index contributed by atoms with van der Waals surface area (Å²) in [7, 11) is 0. The van der Waals surface area contributed by atoms with Crippen molar-refractivity contribution in [2.24, 2.45) is 0 Å². The fraction of sp³-hybridized carbons (Fsp3) is 1.00. The van der Waals surface area contributed by atoms with Crippen molar-refractivity contribution < 1.29 is 0 Å². The molecule has 0 aromatic rings. The van der Waals surface area contributed by atoms with Gasteiger partial charge in [-0.1, -0.05) is 13.8 Å². The first kappa shape index (κ1) is 8.70. The van der Waals surface area contributed by atoms with E-state index in [1.807, 2.05) is 0 Å². The van der Waals surface area contributed by atoms with Crippen LogP contribution in [-0.4, -0.2) is 10.5 Å². The van der Waals surface area contributed by atoms with E-state index >= 15 is 0 Å². The molecule has 0 N–H and O–H groups in total. The zero-order chi connectivity index (χ0) is 6.57. The van der Waals surface area contributed by atoms with Crippen molar-refractivity contribution in [1.82, 2.24) is 0 Å². The number of hydrogen-bond donors (Lipinski definition) is 2. The SMILES string of the molecule is CCC(S)C(S)CC. The Morgan fingerprint density at radius 1 is 1.00 bits per heavy atom. The minimum atomic E-state index is 0.475. The van der Waals surface area contributed by atoms with Crippen LogP contribution in [0, 0.1) is 0 Å². The summed E-state index contributed by atoms with van der Waals surface area (Å²) in [5, 5.41) is 0.951. The molecule has 0 saturated heterocycles. The van der Waals surface area contributed by atoms with E-state index in [2.05, 4.69) is 39.1 Å². The van der Waals surface area contributed by atoms with Crippen LogP contribution < -0.4 is 0 Å². The van der Waals surface area contributed by atoms with E-state index in [0.29, 0.717) is 10.5 Å². The van der Waals surface area contributed by atoms with E-state index in [1.165, 1.54) is 0 Å². The van der Waals surface area contributed by atoms with Crippen molar-refractivity contribution in [3.8, 4) is 0 Å². The van der Waals surface area contributed by atoms with Gasteiger partial charge in [0.15, 0.2) is 0 Å². The summed E-state index contributed by atoms with van der Waals surface area (Å²) in [5.41, 5.74) is 0. The van der Waals surface area contributed by atoms with Crippen LogP contribution in [-0.2, 0) is 0 Å². The molecule has 0 rings (SSSR count). The van der Waals surface area contributed by atoms with Gasteiger partial charge in [-0.25, -0.2) is 0 Å². The van der Waals surface area contributed by atoms with Crippen LogP contribution in [0.1, 0.15) is 26.7 Å². The Morgan fingerprint density at radius 2 is 1.25 bits per heavy atom. The van der Waals surface area contributed by atoms with Gasteiger partial charge in [0.1, 0.15) is 0 Å². The number of rotatable bonds is 3. The Bertz CT molecular complexity index is 46.5. The van der Waals surface area contributed by atoms with Crippen LogP contribution in [0.15, 0.2) is 0 Å². The summed E-state index contributed by atoms with van der Waals surface area (Å²) in [6.07, 6.45) is 2.23. The second-order valence-corrected chi connectivity index (χ2v) is 3.28. The lowest BCUT2D eigenvalue weighted by molar-refractivity contribution is 0.745. The molecule has 0 saturated carbocycles. The average Bonchev–Trinajstić information content (AvgIpc) is 1.84. The van der Waals surface area contributed by atoms with E-state index in [-0.39, 0.29) is 0 Å². The zero-order valence-corrected chi connectivity index (χ0v) is 7.25. The molecule has 0 aliphatic carbocycles. The van der Waals surface area contributed by atoms with Gasteiger partial charge in [-0.05, 0) is 12.8 Å². The summed E-state index contributed by atoms with van der Waals surface area (Å²) in [5.74, 6) is 0. The highest BCUT2D eigenvalue weighted by molar-refractivity contribution is 7.85. The lowest BCUT2D eigenvalue weighted by Gasteiger charge is -2.12. The van der Waals surface area contributed by atoms with Crippen molar-refractivity contribution in [1.29, 1.82) is 0 Å². The molecule has 0 aromatic heterocycles. The highest BCUT2D eigenvalue weighted by atomic mass is 32.1. The number of thiol groups is 2. The quantitative estimate of drug-likeness (QED) is 0.567. The topological polar surface area (TPSA) is 0 Å². The zero-order valence-electron chi connectivity index (χ0n) is 5.46. The van der Waals surface area contributed by atoms with E-state index in [4.69, 9.17) is 0 Å². The molecule has 0 nitrogen and oxygen atoms in total. The summed E-state index contributed by atoms with van der Waals surface area (Å²) < 4.78 is 0. The van der Waals surface area contributed by atoms with Crippen LogP contribution in [0.3, 0.4) is 0 Å². The smallest absolute Gasteiger partial charge is 0.0131 e. The first-order chi connectivity index (χ1) is 3.72. The van der Waals surface area contributed by atoms with Crippen molar-refractivity contribution in [3.63, 3.8) is 0 Å². The molecule has 8 heavy (non-hydrogen) atoms. The molecule has 0 heterocycles. The first-order valence-electron chi connectivity index (χ1n) is 3.08. The average molecular weight is 150 g/mol. The molecular weight excluding hydrogens is 136 g/mol. The van der Waals surface area contributed by atoms with Gasteiger partial charge in [0.05, 0.1) is 0 Å². The summed E-state index contributed by atoms with van der Waals surface area (Å²) in [6, 6.07) is 0. The van der Waals surface area contributed by atoms with Crippen LogP contribution in [0.2, 0.25) is 0 Å². The van der Waals surface area contributed by atoms with Crippen LogP contribution in [0.5, 0.6) is 0 Å². The summed E-state index contributed by atoms with van der Waals surface area (Å²) >= 11 is 8.66. The molecule has 0 fully saturated rings. The molecule has 0 aliphatic heterocycles.